The quantitative estimate of drug-likeness (QED) is 0.714. The van der Waals surface area contributed by atoms with E-state index in [1.807, 2.05) is 11.8 Å². The van der Waals surface area contributed by atoms with E-state index < -0.39 is 0 Å². The van der Waals surface area contributed by atoms with Gasteiger partial charge in [0.15, 0.2) is 5.82 Å². The third kappa shape index (κ3) is 2.35. The first-order valence-electron chi connectivity index (χ1n) is 4.78. The molecule has 1 aromatic heterocycles. The lowest BCUT2D eigenvalue weighted by Gasteiger charge is -2.19. The summed E-state index contributed by atoms with van der Waals surface area (Å²) < 4.78 is 4.72. The average molecular weight is 212 g/mol. The molecular formula is C9H12N2O2S. The Morgan fingerprint density at radius 3 is 3.14 bits per heavy atom. The molecule has 2 heterocycles. The second-order valence-electron chi connectivity index (χ2n) is 3.36. The fraction of sp³-hybridized carbons (Fsp3) is 0.667. The smallest absolute Gasteiger partial charge is 0.290 e. The number of thioether (sulfide) groups is 1. The Hall–Kier alpha value is -0.840. The van der Waals surface area contributed by atoms with Crippen LogP contribution in [-0.2, 0) is 6.42 Å². The summed E-state index contributed by atoms with van der Waals surface area (Å²) >= 11 is 1.96. The van der Waals surface area contributed by atoms with Crippen molar-refractivity contribution in [1.29, 1.82) is 0 Å². The van der Waals surface area contributed by atoms with E-state index in [-0.39, 0.29) is 5.89 Å². The molecule has 1 aliphatic rings. The topological polar surface area (TPSA) is 56.0 Å². The molecular weight excluding hydrogens is 200 g/mol. The molecule has 0 aromatic carbocycles. The van der Waals surface area contributed by atoms with Crippen LogP contribution < -0.4 is 0 Å². The first kappa shape index (κ1) is 9.71. The summed E-state index contributed by atoms with van der Waals surface area (Å²) in [5, 5.41) is 4.35. The minimum absolute atomic E-state index is 0.0841. The molecule has 1 fully saturated rings. The van der Waals surface area contributed by atoms with Crippen LogP contribution in [0.1, 0.15) is 35.8 Å². The van der Waals surface area contributed by atoms with Crippen molar-refractivity contribution >= 4 is 18.0 Å². The molecule has 0 amide bonds. The zero-order valence-corrected chi connectivity index (χ0v) is 8.63. The zero-order chi connectivity index (χ0) is 9.80. The zero-order valence-electron chi connectivity index (χ0n) is 7.81. The molecule has 1 aromatic rings. The van der Waals surface area contributed by atoms with Gasteiger partial charge in [-0.3, -0.25) is 4.79 Å². The maximum Gasteiger partial charge on any atom is 0.290 e. The molecule has 0 aliphatic carbocycles. The number of hydrogen-bond acceptors (Lipinski definition) is 5. The number of carbonyl (C=O) groups is 1. The molecule has 0 radical (unpaired) electrons. The summed E-state index contributed by atoms with van der Waals surface area (Å²) in [5.74, 6) is 1.97. The fourth-order valence-corrected chi connectivity index (χ4v) is 2.87. The maximum absolute atomic E-state index is 10.3. The van der Waals surface area contributed by atoms with Crippen LogP contribution in [0, 0.1) is 0 Å². The van der Waals surface area contributed by atoms with E-state index in [9.17, 15) is 4.79 Å². The van der Waals surface area contributed by atoms with Gasteiger partial charge in [-0.15, -0.1) is 0 Å². The summed E-state index contributed by atoms with van der Waals surface area (Å²) in [4.78, 5) is 14.3. The highest BCUT2D eigenvalue weighted by Crippen LogP contribution is 2.26. The first-order valence-corrected chi connectivity index (χ1v) is 5.83. The summed E-state index contributed by atoms with van der Waals surface area (Å²) in [6.45, 7) is 0. The van der Waals surface area contributed by atoms with Crippen molar-refractivity contribution in [3.63, 3.8) is 0 Å². The lowest BCUT2D eigenvalue weighted by Crippen LogP contribution is -2.13. The van der Waals surface area contributed by atoms with Gasteiger partial charge < -0.3 is 4.52 Å². The summed E-state index contributed by atoms with van der Waals surface area (Å²) in [6.07, 6.45) is 5.23. The molecule has 5 heteroatoms. The number of carbonyl (C=O) groups excluding carboxylic acids is 1. The van der Waals surface area contributed by atoms with E-state index in [4.69, 9.17) is 4.52 Å². The van der Waals surface area contributed by atoms with Gasteiger partial charge in [0.05, 0.1) is 0 Å². The Morgan fingerprint density at radius 1 is 1.57 bits per heavy atom. The number of nitrogens with zero attached hydrogens (tertiary/aromatic N) is 2. The fourth-order valence-electron chi connectivity index (χ4n) is 1.57. The lowest BCUT2D eigenvalue weighted by molar-refractivity contribution is 0.108. The van der Waals surface area contributed by atoms with Crippen LogP contribution in [0.2, 0.25) is 0 Å². The molecule has 0 N–H and O–H groups in total. The molecule has 1 atom stereocenters. The van der Waals surface area contributed by atoms with Gasteiger partial charge in [-0.2, -0.15) is 16.7 Å². The monoisotopic (exact) mass is 212 g/mol. The van der Waals surface area contributed by atoms with E-state index >= 15 is 0 Å². The van der Waals surface area contributed by atoms with Crippen LogP contribution in [-0.4, -0.2) is 27.4 Å². The van der Waals surface area contributed by atoms with Crippen molar-refractivity contribution in [2.75, 3.05) is 5.75 Å². The Morgan fingerprint density at radius 2 is 2.50 bits per heavy atom. The standard InChI is InChI=1S/C9H12N2O2S/c12-6-9-10-8(11-13-9)5-7-3-1-2-4-14-7/h6-7H,1-5H2. The molecule has 1 unspecified atom stereocenters. The van der Waals surface area contributed by atoms with Crippen LogP contribution in [0.25, 0.3) is 0 Å². The maximum atomic E-state index is 10.3. The van der Waals surface area contributed by atoms with E-state index in [1.165, 1.54) is 25.0 Å². The average Bonchev–Trinajstić information content (AvgIpc) is 2.67. The largest absolute Gasteiger partial charge is 0.331 e. The van der Waals surface area contributed by atoms with Gasteiger partial charge in [-0.05, 0) is 18.6 Å². The number of rotatable bonds is 3. The Kier molecular flexibility index (Phi) is 3.18. The van der Waals surface area contributed by atoms with Crippen molar-refractivity contribution in [2.24, 2.45) is 0 Å². The normalized spacial score (nSPS) is 22.1. The molecule has 1 aliphatic heterocycles. The lowest BCUT2D eigenvalue weighted by atomic mass is 10.1. The third-order valence-electron chi connectivity index (χ3n) is 2.27. The predicted molar refractivity (Wildman–Crippen MR) is 53.5 cm³/mol. The highest BCUT2D eigenvalue weighted by Gasteiger charge is 2.17. The van der Waals surface area contributed by atoms with Crippen molar-refractivity contribution in [2.45, 2.75) is 30.9 Å². The highest BCUT2D eigenvalue weighted by atomic mass is 32.2. The minimum atomic E-state index is 0.0841. The predicted octanol–water partition coefficient (Wildman–Crippen LogP) is 1.71. The van der Waals surface area contributed by atoms with E-state index in [1.54, 1.807) is 0 Å². The molecule has 76 valence electrons. The van der Waals surface area contributed by atoms with Crippen molar-refractivity contribution in [3.05, 3.63) is 11.7 Å². The number of hydrogen-bond donors (Lipinski definition) is 0. The Labute approximate surface area is 86.4 Å². The summed E-state index contributed by atoms with van der Waals surface area (Å²) in [5.41, 5.74) is 0. The van der Waals surface area contributed by atoms with Crippen LogP contribution in [0.5, 0.6) is 0 Å². The van der Waals surface area contributed by atoms with E-state index in [0.29, 0.717) is 17.4 Å². The Bertz CT molecular complexity index is 308. The van der Waals surface area contributed by atoms with Gasteiger partial charge in [-0.1, -0.05) is 11.6 Å². The minimum Gasteiger partial charge on any atom is -0.331 e. The van der Waals surface area contributed by atoms with Crippen molar-refractivity contribution in [3.8, 4) is 0 Å². The number of aromatic nitrogens is 2. The van der Waals surface area contributed by atoms with Crippen LogP contribution in [0.4, 0.5) is 0 Å². The van der Waals surface area contributed by atoms with Gasteiger partial charge >= 0.3 is 0 Å². The molecule has 0 saturated carbocycles. The second kappa shape index (κ2) is 4.59. The highest BCUT2D eigenvalue weighted by molar-refractivity contribution is 7.99. The van der Waals surface area contributed by atoms with Crippen LogP contribution in [0.15, 0.2) is 4.52 Å². The SMILES string of the molecule is O=Cc1nc(CC2CCCCS2)no1. The second-order valence-corrected chi connectivity index (χ2v) is 4.77. The van der Waals surface area contributed by atoms with Gasteiger partial charge in [0.1, 0.15) is 0 Å². The molecule has 2 rings (SSSR count). The molecule has 0 spiro atoms. The van der Waals surface area contributed by atoms with Crippen LogP contribution in [0.3, 0.4) is 0 Å². The first-order chi connectivity index (χ1) is 6.88. The molecule has 1 saturated heterocycles. The molecule has 0 bridgehead atoms. The van der Waals surface area contributed by atoms with Crippen molar-refractivity contribution in [1.82, 2.24) is 10.1 Å². The summed E-state index contributed by atoms with van der Waals surface area (Å²) in [7, 11) is 0. The molecule has 14 heavy (non-hydrogen) atoms. The third-order valence-corrected chi connectivity index (χ3v) is 3.67. The van der Waals surface area contributed by atoms with E-state index in [0.717, 1.165) is 6.42 Å². The van der Waals surface area contributed by atoms with Crippen LogP contribution >= 0.6 is 11.8 Å². The molecule has 4 nitrogen and oxygen atoms in total. The Balaban J connectivity index is 1.92. The van der Waals surface area contributed by atoms with E-state index in [2.05, 4.69) is 10.1 Å². The number of aldehydes is 1. The van der Waals surface area contributed by atoms with Gasteiger partial charge in [0, 0.05) is 11.7 Å². The van der Waals surface area contributed by atoms with Gasteiger partial charge in [0.2, 0.25) is 6.29 Å². The summed E-state index contributed by atoms with van der Waals surface area (Å²) in [6, 6.07) is 0. The van der Waals surface area contributed by atoms with Gasteiger partial charge in [-0.25, -0.2) is 0 Å². The van der Waals surface area contributed by atoms with Gasteiger partial charge in [0.25, 0.3) is 5.89 Å². The van der Waals surface area contributed by atoms with Crippen molar-refractivity contribution < 1.29 is 9.32 Å².